The molecule has 0 fully saturated rings. The quantitative estimate of drug-likeness (QED) is 0.724. The molecule has 7 heteroatoms. The largest absolute Gasteiger partial charge is 0.389 e. The van der Waals surface area contributed by atoms with Gasteiger partial charge in [0.05, 0.1) is 23.4 Å². The molecule has 3 aromatic rings. The number of rotatable bonds is 5. The molecule has 0 aliphatic carbocycles. The Kier molecular flexibility index (Phi) is 4.50. The van der Waals surface area contributed by atoms with E-state index in [0.717, 1.165) is 0 Å². The van der Waals surface area contributed by atoms with Crippen LogP contribution in [0.4, 0.5) is 4.39 Å². The number of hydrogen-bond acceptors (Lipinski definition) is 4. The van der Waals surface area contributed by atoms with Gasteiger partial charge in [0, 0.05) is 31.5 Å². The molecule has 0 aliphatic heterocycles. The molecule has 0 radical (unpaired) electrons. The molecule has 2 heterocycles. The third kappa shape index (κ3) is 3.23. The number of carbonyl (C=O) groups is 1. The number of ketones is 1. The van der Waals surface area contributed by atoms with E-state index in [4.69, 9.17) is 0 Å². The zero-order valence-electron chi connectivity index (χ0n) is 14.3. The molecule has 2 aromatic heterocycles. The van der Waals surface area contributed by atoms with Crippen LogP contribution in [-0.2, 0) is 13.6 Å². The SMILES string of the molecule is CCn1cc(C(=O)c2cn(C)nc2-c2ccc(F)cc2[C@@H](C)O)cn1. The number of nitrogens with zero attached hydrogens (tertiary/aromatic N) is 4. The maximum absolute atomic E-state index is 13.6. The molecule has 0 aliphatic rings. The summed E-state index contributed by atoms with van der Waals surface area (Å²) < 4.78 is 16.8. The minimum Gasteiger partial charge on any atom is -0.389 e. The van der Waals surface area contributed by atoms with E-state index in [1.165, 1.54) is 29.1 Å². The zero-order chi connectivity index (χ0) is 18.1. The summed E-state index contributed by atoms with van der Waals surface area (Å²) >= 11 is 0. The van der Waals surface area contributed by atoms with Gasteiger partial charge < -0.3 is 5.11 Å². The average molecular weight is 342 g/mol. The number of benzene rings is 1. The van der Waals surface area contributed by atoms with Crippen LogP contribution in [0.2, 0.25) is 0 Å². The summed E-state index contributed by atoms with van der Waals surface area (Å²) in [5.41, 5.74) is 2.16. The van der Waals surface area contributed by atoms with Gasteiger partial charge in [-0.2, -0.15) is 10.2 Å². The van der Waals surface area contributed by atoms with Crippen LogP contribution in [0.25, 0.3) is 11.3 Å². The number of halogens is 1. The van der Waals surface area contributed by atoms with Crippen molar-refractivity contribution in [2.75, 3.05) is 0 Å². The predicted octanol–water partition coefficient (Wildman–Crippen LogP) is 2.73. The number of hydrogen-bond donors (Lipinski definition) is 1. The molecule has 0 spiro atoms. The molecule has 6 nitrogen and oxygen atoms in total. The lowest BCUT2D eigenvalue weighted by Gasteiger charge is -2.11. The second-order valence-electron chi connectivity index (χ2n) is 5.89. The van der Waals surface area contributed by atoms with Gasteiger partial charge in [0.25, 0.3) is 0 Å². The molecule has 25 heavy (non-hydrogen) atoms. The van der Waals surface area contributed by atoms with Crippen LogP contribution in [0.1, 0.15) is 41.4 Å². The maximum atomic E-state index is 13.6. The van der Waals surface area contributed by atoms with Crippen LogP contribution >= 0.6 is 0 Å². The normalized spacial score (nSPS) is 12.4. The van der Waals surface area contributed by atoms with Crippen molar-refractivity contribution in [3.8, 4) is 11.3 Å². The standard InChI is InChI=1S/C18H19FN4O2/c1-4-23-9-12(8-20-23)18(25)16-10-22(3)21-17(16)14-6-5-13(19)7-15(14)11(2)24/h5-11,24H,4H2,1-3H3/t11-/m1/s1. The first kappa shape index (κ1) is 17.0. The van der Waals surface area contributed by atoms with Crippen molar-refractivity contribution in [3.05, 3.63) is 59.3 Å². The highest BCUT2D eigenvalue weighted by Gasteiger charge is 2.23. The lowest BCUT2D eigenvalue weighted by molar-refractivity contribution is 0.103. The number of aliphatic hydroxyl groups is 1. The van der Waals surface area contributed by atoms with Gasteiger partial charge in [0.15, 0.2) is 5.78 Å². The van der Waals surface area contributed by atoms with E-state index in [1.54, 1.807) is 31.0 Å². The van der Waals surface area contributed by atoms with Crippen LogP contribution in [0.5, 0.6) is 0 Å². The highest BCUT2D eigenvalue weighted by molar-refractivity contribution is 6.12. The minimum absolute atomic E-state index is 0.219. The highest BCUT2D eigenvalue weighted by Crippen LogP contribution is 2.31. The van der Waals surface area contributed by atoms with Gasteiger partial charge in [-0.1, -0.05) is 0 Å². The summed E-state index contributed by atoms with van der Waals surface area (Å²) in [6.07, 6.45) is 3.93. The fourth-order valence-corrected chi connectivity index (χ4v) is 2.76. The second-order valence-corrected chi connectivity index (χ2v) is 5.89. The van der Waals surface area contributed by atoms with E-state index >= 15 is 0 Å². The van der Waals surface area contributed by atoms with E-state index in [9.17, 15) is 14.3 Å². The Morgan fingerprint density at radius 3 is 2.76 bits per heavy atom. The molecule has 1 atom stereocenters. The number of aliphatic hydroxyl groups excluding tert-OH is 1. The molecular weight excluding hydrogens is 323 g/mol. The third-order valence-corrected chi connectivity index (χ3v) is 4.01. The highest BCUT2D eigenvalue weighted by atomic mass is 19.1. The first-order chi connectivity index (χ1) is 11.9. The molecule has 0 saturated carbocycles. The van der Waals surface area contributed by atoms with Crippen molar-refractivity contribution in [3.63, 3.8) is 0 Å². The van der Waals surface area contributed by atoms with Crippen molar-refractivity contribution in [1.82, 2.24) is 19.6 Å². The van der Waals surface area contributed by atoms with Gasteiger partial charge in [-0.3, -0.25) is 14.2 Å². The zero-order valence-corrected chi connectivity index (χ0v) is 14.3. The number of aryl methyl sites for hydroxylation is 2. The van der Waals surface area contributed by atoms with E-state index < -0.39 is 11.9 Å². The minimum atomic E-state index is -0.890. The number of carbonyl (C=O) groups excluding carboxylic acids is 1. The summed E-state index contributed by atoms with van der Waals surface area (Å²) in [7, 11) is 1.71. The number of aromatic nitrogens is 4. The Balaban J connectivity index is 2.12. The molecule has 1 N–H and O–H groups in total. The van der Waals surface area contributed by atoms with Crippen LogP contribution in [0.15, 0.2) is 36.8 Å². The van der Waals surface area contributed by atoms with Crippen molar-refractivity contribution in [2.45, 2.75) is 26.5 Å². The van der Waals surface area contributed by atoms with Gasteiger partial charge in [-0.25, -0.2) is 4.39 Å². The van der Waals surface area contributed by atoms with Gasteiger partial charge in [0.1, 0.15) is 11.5 Å². The monoisotopic (exact) mass is 342 g/mol. The lowest BCUT2D eigenvalue weighted by Crippen LogP contribution is -2.03. The first-order valence-electron chi connectivity index (χ1n) is 7.99. The van der Waals surface area contributed by atoms with Crippen LogP contribution in [0.3, 0.4) is 0 Å². The third-order valence-electron chi connectivity index (χ3n) is 4.01. The molecule has 0 bridgehead atoms. The summed E-state index contributed by atoms with van der Waals surface area (Å²) in [6, 6.07) is 4.09. The van der Waals surface area contributed by atoms with Gasteiger partial charge >= 0.3 is 0 Å². The Morgan fingerprint density at radius 1 is 1.36 bits per heavy atom. The van der Waals surface area contributed by atoms with E-state index in [-0.39, 0.29) is 5.78 Å². The molecule has 0 amide bonds. The van der Waals surface area contributed by atoms with Gasteiger partial charge in [-0.05, 0) is 37.6 Å². The predicted molar refractivity (Wildman–Crippen MR) is 90.6 cm³/mol. The summed E-state index contributed by atoms with van der Waals surface area (Å²) in [4.78, 5) is 12.9. The van der Waals surface area contributed by atoms with E-state index in [0.29, 0.717) is 34.5 Å². The smallest absolute Gasteiger partial charge is 0.199 e. The van der Waals surface area contributed by atoms with Gasteiger partial charge in [-0.15, -0.1) is 0 Å². The Hall–Kier alpha value is -2.80. The van der Waals surface area contributed by atoms with Crippen LogP contribution in [0, 0.1) is 5.82 Å². The molecule has 0 saturated heterocycles. The lowest BCUT2D eigenvalue weighted by atomic mass is 9.96. The fourth-order valence-electron chi connectivity index (χ4n) is 2.76. The summed E-state index contributed by atoms with van der Waals surface area (Å²) in [6.45, 7) is 4.15. The van der Waals surface area contributed by atoms with Crippen molar-refractivity contribution < 1.29 is 14.3 Å². The molecule has 0 unspecified atom stereocenters. The molecule has 3 rings (SSSR count). The molecular formula is C18H19FN4O2. The fraction of sp³-hybridized carbons (Fsp3) is 0.278. The molecule has 1 aromatic carbocycles. The van der Waals surface area contributed by atoms with Crippen LogP contribution in [-0.4, -0.2) is 30.5 Å². The summed E-state index contributed by atoms with van der Waals surface area (Å²) in [5.74, 6) is -0.670. The van der Waals surface area contributed by atoms with E-state index in [1.807, 2.05) is 6.92 Å². The van der Waals surface area contributed by atoms with Crippen molar-refractivity contribution in [2.24, 2.45) is 7.05 Å². The Bertz CT molecular complexity index is 927. The topological polar surface area (TPSA) is 72.9 Å². The summed E-state index contributed by atoms with van der Waals surface area (Å²) in [5, 5.41) is 18.5. The second kappa shape index (κ2) is 6.60. The Labute approximate surface area is 144 Å². The van der Waals surface area contributed by atoms with Crippen molar-refractivity contribution in [1.29, 1.82) is 0 Å². The average Bonchev–Trinajstić information content (AvgIpc) is 3.20. The molecule has 130 valence electrons. The van der Waals surface area contributed by atoms with Gasteiger partial charge in [0.2, 0.25) is 0 Å². The van der Waals surface area contributed by atoms with Crippen LogP contribution < -0.4 is 0 Å². The van der Waals surface area contributed by atoms with E-state index in [2.05, 4.69) is 10.2 Å². The maximum Gasteiger partial charge on any atom is 0.199 e. The van der Waals surface area contributed by atoms with Crippen molar-refractivity contribution >= 4 is 5.78 Å². The first-order valence-corrected chi connectivity index (χ1v) is 7.99. The Morgan fingerprint density at radius 2 is 2.12 bits per heavy atom.